The lowest BCUT2D eigenvalue weighted by Crippen LogP contribution is -2.42. The fraction of sp³-hybridized carbons (Fsp3) is 0.562. The van der Waals surface area contributed by atoms with Crippen LogP contribution in [-0.4, -0.2) is 12.1 Å². The maximum atomic E-state index is 11.9. The lowest BCUT2D eigenvalue weighted by Gasteiger charge is -2.37. The largest absolute Gasteiger partial charge is 0.461 e. The van der Waals surface area contributed by atoms with Crippen LogP contribution in [0.15, 0.2) is 30.3 Å². The van der Waals surface area contributed by atoms with Gasteiger partial charge >= 0.3 is 5.97 Å². The van der Waals surface area contributed by atoms with Crippen LogP contribution in [0.3, 0.4) is 0 Å². The molecule has 1 aliphatic heterocycles. The average Bonchev–Trinajstić information content (AvgIpc) is 2.86. The zero-order chi connectivity index (χ0) is 12.5. The Bertz CT molecular complexity index is 426. The molecule has 1 aromatic carbocycles. The third kappa shape index (κ3) is 2.05. The number of carbonyl (C=O) groups is 1. The fourth-order valence-corrected chi connectivity index (χ4v) is 3.66. The summed E-state index contributed by atoms with van der Waals surface area (Å²) >= 11 is 0. The molecule has 96 valence electrons. The summed E-state index contributed by atoms with van der Waals surface area (Å²) in [5.41, 5.74) is 1.27. The van der Waals surface area contributed by atoms with Crippen LogP contribution in [0.5, 0.6) is 0 Å². The molecule has 0 radical (unpaired) electrons. The lowest BCUT2D eigenvalue weighted by molar-refractivity contribution is -0.169. The summed E-state index contributed by atoms with van der Waals surface area (Å²) in [6.07, 6.45) is 4.65. The molecule has 0 bridgehead atoms. The van der Waals surface area contributed by atoms with Gasteiger partial charge in [-0.2, -0.15) is 0 Å². The number of esters is 1. The summed E-state index contributed by atoms with van der Waals surface area (Å²) in [7, 11) is 0. The van der Waals surface area contributed by atoms with E-state index in [1.807, 2.05) is 13.0 Å². The van der Waals surface area contributed by atoms with Crippen molar-refractivity contribution in [2.24, 2.45) is 17.8 Å². The van der Waals surface area contributed by atoms with Crippen LogP contribution in [0.2, 0.25) is 0 Å². The summed E-state index contributed by atoms with van der Waals surface area (Å²) in [4.78, 5) is 11.9. The number of hydrogen-bond acceptors (Lipinski definition) is 2. The molecule has 2 nitrogen and oxygen atoms in total. The van der Waals surface area contributed by atoms with E-state index in [9.17, 15) is 4.79 Å². The van der Waals surface area contributed by atoms with E-state index in [1.165, 1.54) is 24.8 Å². The highest BCUT2D eigenvalue weighted by Crippen LogP contribution is 2.44. The van der Waals surface area contributed by atoms with Crippen LogP contribution in [-0.2, 0) is 16.0 Å². The second-order valence-corrected chi connectivity index (χ2v) is 5.71. The fourth-order valence-electron chi connectivity index (χ4n) is 3.66. The Balaban J connectivity index is 1.77. The van der Waals surface area contributed by atoms with Gasteiger partial charge in [-0.3, -0.25) is 4.79 Å². The number of benzene rings is 1. The van der Waals surface area contributed by atoms with Crippen molar-refractivity contribution < 1.29 is 9.53 Å². The van der Waals surface area contributed by atoms with Crippen molar-refractivity contribution >= 4 is 5.97 Å². The molecule has 1 saturated heterocycles. The molecule has 1 aromatic rings. The molecule has 0 aromatic heterocycles. The van der Waals surface area contributed by atoms with Crippen LogP contribution in [0.25, 0.3) is 0 Å². The molecule has 0 amide bonds. The van der Waals surface area contributed by atoms with Crippen LogP contribution in [0.4, 0.5) is 0 Å². The van der Waals surface area contributed by atoms with Crippen LogP contribution >= 0.6 is 0 Å². The Hall–Kier alpha value is -1.31. The Kier molecular flexibility index (Phi) is 3.11. The van der Waals surface area contributed by atoms with E-state index in [0.29, 0.717) is 11.8 Å². The summed E-state index contributed by atoms with van der Waals surface area (Å²) in [6, 6.07) is 10.4. The molecule has 0 spiro atoms. The number of carbonyl (C=O) groups excluding carboxylic acids is 1. The zero-order valence-corrected chi connectivity index (χ0v) is 10.8. The van der Waals surface area contributed by atoms with E-state index in [1.54, 1.807) is 0 Å². The highest BCUT2D eigenvalue weighted by Gasteiger charge is 2.45. The van der Waals surface area contributed by atoms with E-state index in [2.05, 4.69) is 24.3 Å². The molecule has 1 saturated carbocycles. The monoisotopic (exact) mass is 244 g/mol. The minimum Gasteiger partial charge on any atom is -0.461 e. The second-order valence-electron chi connectivity index (χ2n) is 5.71. The summed E-state index contributed by atoms with van der Waals surface area (Å²) < 4.78 is 5.68. The standard InChI is InChI=1S/C16H20O2/c1-11-13-8-5-9-14(13)15(18-16(11)17)10-12-6-3-2-4-7-12/h2-4,6-7,11,13-15H,5,8-10H2,1H3/t11-,13-,14-,15-/m1/s1. The van der Waals surface area contributed by atoms with Crippen molar-refractivity contribution in [2.45, 2.75) is 38.7 Å². The maximum Gasteiger partial charge on any atom is 0.309 e. The van der Waals surface area contributed by atoms with Gasteiger partial charge in [-0.15, -0.1) is 0 Å². The molecule has 2 heteroatoms. The van der Waals surface area contributed by atoms with Gasteiger partial charge in [0.25, 0.3) is 0 Å². The van der Waals surface area contributed by atoms with Gasteiger partial charge in [-0.1, -0.05) is 43.7 Å². The van der Waals surface area contributed by atoms with Gasteiger partial charge in [0.1, 0.15) is 6.10 Å². The normalized spacial score (nSPS) is 35.1. The van der Waals surface area contributed by atoms with Crippen molar-refractivity contribution in [3.05, 3.63) is 35.9 Å². The average molecular weight is 244 g/mol. The molecule has 2 aliphatic rings. The van der Waals surface area contributed by atoms with Crippen molar-refractivity contribution in [1.82, 2.24) is 0 Å². The first-order valence-electron chi connectivity index (χ1n) is 7.00. The number of ether oxygens (including phenoxy) is 1. The predicted octanol–water partition coefficient (Wildman–Crippen LogP) is 3.21. The molecule has 3 rings (SSSR count). The number of rotatable bonds is 2. The first kappa shape index (κ1) is 11.8. The summed E-state index contributed by atoms with van der Waals surface area (Å²) in [5.74, 6) is 1.25. The molecule has 4 atom stereocenters. The topological polar surface area (TPSA) is 26.3 Å². The quantitative estimate of drug-likeness (QED) is 0.747. The molecule has 1 aliphatic carbocycles. The van der Waals surface area contributed by atoms with E-state index >= 15 is 0 Å². The first-order valence-corrected chi connectivity index (χ1v) is 7.00. The summed E-state index contributed by atoms with van der Waals surface area (Å²) in [6.45, 7) is 2.03. The van der Waals surface area contributed by atoms with E-state index in [-0.39, 0.29) is 18.0 Å². The van der Waals surface area contributed by atoms with Gasteiger partial charge in [0, 0.05) is 6.42 Å². The molecular weight excluding hydrogens is 224 g/mol. The van der Waals surface area contributed by atoms with Crippen molar-refractivity contribution in [1.29, 1.82) is 0 Å². The minimum absolute atomic E-state index is 0.0130. The predicted molar refractivity (Wildman–Crippen MR) is 70.0 cm³/mol. The summed E-state index contributed by atoms with van der Waals surface area (Å²) in [5, 5.41) is 0. The zero-order valence-electron chi connectivity index (χ0n) is 10.8. The van der Waals surface area contributed by atoms with Gasteiger partial charge in [0.05, 0.1) is 5.92 Å². The SMILES string of the molecule is C[C@H]1C(=O)O[C@H](Cc2ccccc2)[C@@H]2CCC[C@@H]21. The Morgan fingerprint density at radius 2 is 1.89 bits per heavy atom. The third-order valence-electron chi connectivity index (χ3n) is 4.66. The van der Waals surface area contributed by atoms with Crippen LogP contribution in [0, 0.1) is 17.8 Å². The maximum absolute atomic E-state index is 11.9. The van der Waals surface area contributed by atoms with Gasteiger partial charge < -0.3 is 4.74 Å². The molecule has 1 heterocycles. The molecule has 0 unspecified atom stereocenters. The van der Waals surface area contributed by atoms with Gasteiger partial charge in [-0.05, 0) is 30.2 Å². The molecule has 2 fully saturated rings. The number of hydrogen-bond donors (Lipinski definition) is 0. The highest BCUT2D eigenvalue weighted by molar-refractivity contribution is 5.73. The van der Waals surface area contributed by atoms with Crippen molar-refractivity contribution in [3.63, 3.8) is 0 Å². The van der Waals surface area contributed by atoms with Gasteiger partial charge in [0.15, 0.2) is 0 Å². The van der Waals surface area contributed by atoms with Crippen molar-refractivity contribution in [3.8, 4) is 0 Å². The Morgan fingerprint density at radius 1 is 1.17 bits per heavy atom. The number of fused-ring (bicyclic) bond motifs is 1. The van der Waals surface area contributed by atoms with E-state index in [4.69, 9.17) is 4.74 Å². The van der Waals surface area contributed by atoms with Gasteiger partial charge in [0.2, 0.25) is 0 Å². The lowest BCUT2D eigenvalue weighted by atomic mass is 9.78. The molecule has 0 N–H and O–H groups in total. The van der Waals surface area contributed by atoms with E-state index < -0.39 is 0 Å². The Labute approximate surface area is 108 Å². The molecular formula is C16H20O2. The third-order valence-corrected chi connectivity index (χ3v) is 4.66. The second kappa shape index (κ2) is 4.75. The van der Waals surface area contributed by atoms with Crippen molar-refractivity contribution in [2.75, 3.05) is 0 Å². The van der Waals surface area contributed by atoms with Crippen LogP contribution < -0.4 is 0 Å². The highest BCUT2D eigenvalue weighted by atomic mass is 16.5. The van der Waals surface area contributed by atoms with E-state index in [0.717, 1.165) is 6.42 Å². The van der Waals surface area contributed by atoms with Crippen LogP contribution in [0.1, 0.15) is 31.7 Å². The Morgan fingerprint density at radius 3 is 2.67 bits per heavy atom. The first-order chi connectivity index (χ1) is 8.75. The minimum atomic E-state index is 0.0130. The number of cyclic esters (lactones) is 1. The molecule has 18 heavy (non-hydrogen) atoms. The smallest absolute Gasteiger partial charge is 0.309 e. The van der Waals surface area contributed by atoms with Gasteiger partial charge in [-0.25, -0.2) is 0 Å².